The lowest BCUT2D eigenvalue weighted by molar-refractivity contribution is -0.00000301. The normalized spacial score (nSPS) is 11.0. The number of hydrogen-bond donors (Lipinski definition) is 0. The first-order valence-corrected chi connectivity index (χ1v) is 7.11. The lowest BCUT2D eigenvalue weighted by Gasteiger charge is -2.22. The molecule has 0 saturated carbocycles. The van der Waals surface area contributed by atoms with E-state index in [0.29, 0.717) is 0 Å². The molecule has 76 valence electrons. The highest BCUT2D eigenvalue weighted by Crippen LogP contribution is 2.57. The minimum atomic E-state index is -0.580. The topological polar surface area (TPSA) is 9.23 Å². The van der Waals surface area contributed by atoms with Crippen molar-refractivity contribution in [2.45, 2.75) is 20.8 Å². The molecule has 0 aliphatic heterocycles. The second-order valence-corrected chi connectivity index (χ2v) is 8.03. The van der Waals surface area contributed by atoms with Crippen molar-refractivity contribution < 1.29 is 21.7 Å². The summed E-state index contributed by atoms with van der Waals surface area (Å²) in [7, 11) is 1.22. The summed E-state index contributed by atoms with van der Waals surface area (Å²) in [6, 6.07) is 0. The SMILES string of the molecule is CC[P+](CC)(CC)CCOC.[Br-]. The summed E-state index contributed by atoms with van der Waals surface area (Å²) < 4.78 is 5.13. The molecule has 0 spiro atoms. The number of halogens is 1. The Morgan fingerprint density at radius 3 is 1.67 bits per heavy atom. The third kappa shape index (κ3) is 4.79. The summed E-state index contributed by atoms with van der Waals surface area (Å²) in [6.07, 6.45) is 5.50. The molecule has 0 atom stereocenters. The van der Waals surface area contributed by atoms with E-state index in [4.69, 9.17) is 4.74 Å². The average Bonchev–Trinajstić information content (AvgIpc) is 2.08. The fourth-order valence-electron chi connectivity index (χ4n) is 1.43. The zero-order valence-electron chi connectivity index (χ0n) is 8.77. The molecule has 0 aromatic rings. The van der Waals surface area contributed by atoms with Crippen molar-refractivity contribution in [3.05, 3.63) is 0 Å². The van der Waals surface area contributed by atoms with Crippen molar-refractivity contribution in [1.82, 2.24) is 0 Å². The van der Waals surface area contributed by atoms with Crippen LogP contribution in [-0.4, -0.2) is 38.4 Å². The number of hydrogen-bond acceptors (Lipinski definition) is 1. The first-order valence-electron chi connectivity index (χ1n) is 4.58. The Morgan fingerprint density at radius 1 is 1.00 bits per heavy atom. The molecule has 0 fully saturated rings. The molecule has 0 aliphatic rings. The molecule has 0 bridgehead atoms. The third-order valence-electron chi connectivity index (χ3n) is 2.78. The van der Waals surface area contributed by atoms with E-state index in [-0.39, 0.29) is 17.0 Å². The van der Waals surface area contributed by atoms with Gasteiger partial charge in [0, 0.05) is 14.4 Å². The summed E-state index contributed by atoms with van der Waals surface area (Å²) in [5.74, 6) is 0. The van der Waals surface area contributed by atoms with Crippen LogP contribution >= 0.6 is 7.26 Å². The summed E-state index contributed by atoms with van der Waals surface area (Å²) >= 11 is 0. The van der Waals surface area contributed by atoms with Crippen LogP contribution in [0.15, 0.2) is 0 Å². The van der Waals surface area contributed by atoms with Gasteiger partial charge in [0.15, 0.2) is 0 Å². The zero-order valence-corrected chi connectivity index (χ0v) is 11.2. The Bertz CT molecular complexity index is 86.3. The van der Waals surface area contributed by atoms with E-state index in [1.165, 1.54) is 24.6 Å². The monoisotopic (exact) mass is 256 g/mol. The van der Waals surface area contributed by atoms with Gasteiger partial charge in [-0.1, -0.05) is 0 Å². The molecule has 0 rings (SSSR count). The molecular formula is C9H22BrOP. The molecule has 0 radical (unpaired) electrons. The Hall–Kier alpha value is 0.870. The van der Waals surface area contributed by atoms with Crippen LogP contribution in [0.25, 0.3) is 0 Å². The first kappa shape index (κ1) is 15.3. The Balaban J connectivity index is 0. The molecule has 0 amide bonds. The van der Waals surface area contributed by atoms with E-state index in [1.807, 2.05) is 0 Å². The number of rotatable bonds is 6. The zero-order chi connectivity index (χ0) is 8.74. The molecule has 12 heavy (non-hydrogen) atoms. The van der Waals surface area contributed by atoms with Gasteiger partial charge in [0.05, 0.1) is 31.3 Å². The van der Waals surface area contributed by atoms with E-state index in [9.17, 15) is 0 Å². The van der Waals surface area contributed by atoms with Crippen LogP contribution in [-0.2, 0) is 4.74 Å². The van der Waals surface area contributed by atoms with Gasteiger partial charge < -0.3 is 21.7 Å². The van der Waals surface area contributed by atoms with E-state index in [2.05, 4.69) is 20.8 Å². The molecule has 0 unspecified atom stereocenters. The van der Waals surface area contributed by atoms with Crippen molar-refractivity contribution in [2.75, 3.05) is 38.4 Å². The maximum Gasteiger partial charge on any atom is 0.0827 e. The quantitative estimate of drug-likeness (QED) is 0.594. The highest BCUT2D eigenvalue weighted by atomic mass is 79.9. The fourth-order valence-corrected chi connectivity index (χ4v) is 4.29. The molecule has 1 nitrogen and oxygen atoms in total. The molecule has 0 aromatic carbocycles. The van der Waals surface area contributed by atoms with Crippen LogP contribution in [0.1, 0.15) is 20.8 Å². The van der Waals surface area contributed by atoms with E-state index in [1.54, 1.807) is 7.11 Å². The molecule has 0 N–H and O–H groups in total. The summed E-state index contributed by atoms with van der Waals surface area (Å²) in [5, 5.41) is 0. The van der Waals surface area contributed by atoms with Gasteiger partial charge in [-0.15, -0.1) is 0 Å². The first-order chi connectivity index (χ1) is 5.24. The highest BCUT2D eigenvalue weighted by Gasteiger charge is 2.29. The smallest absolute Gasteiger partial charge is 0.0827 e. The maximum atomic E-state index is 5.13. The van der Waals surface area contributed by atoms with Gasteiger partial charge in [-0.2, -0.15) is 0 Å². The van der Waals surface area contributed by atoms with Gasteiger partial charge >= 0.3 is 0 Å². The molecular weight excluding hydrogens is 235 g/mol. The van der Waals surface area contributed by atoms with Crippen molar-refractivity contribution in [2.24, 2.45) is 0 Å². The minimum absolute atomic E-state index is 0. The van der Waals surface area contributed by atoms with Crippen molar-refractivity contribution in [1.29, 1.82) is 0 Å². The second kappa shape index (κ2) is 8.47. The summed E-state index contributed by atoms with van der Waals surface area (Å²) in [5.41, 5.74) is 0. The molecule has 0 aromatic heterocycles. The maximum absolute atomic E-state index is 5.13. The van der Waals surface area contributed by atoms with Gasteiger partial charge in [-0.05, 0) is 20.8 Å². The van der Waals surface area contributed by atoms with E-state index < -0.39 is 7.26 Å². The fraction of sp³-hybridized carbons (Fsp3) is 1.00. The highest BCUT2D eigenvalue weighted by molar-refractivity contribution is 7.75. The lowest BCUT2D eigenvalue weighted by Crippen LogP contribution is -3.00. The second-order valence-electron chi connectivity index (χ2n) is 3.01. The Morgan fingerprint density at radius 2 is 1.42 bits per heavy atom. The molecule has 0 aliphatic carbocycles. The minimum Gasteiger partial charge on any atom is -1.00 e. The molecule has 0 heterocycles. The van der Waals surface area contributed by atoms with Gasteiger partial charge in [0.2, 0.25) is 0 Å². The van der Waals surface area contributed by atoms with E-state index >= 15 is 0 Å². The van der Waals surface area contributed by atoms with Gasteiger partial charge in [0.25, 0.3) is 0 Å². The predicted molar refractivity (Wildman–Crippen MR) is 55.3 cm³/mol. The van der Waals surface area contributed by atoms with Crippen LogP contribution < -0.4 is 17.0 Å². The van der Waals surface area contributed by atoms with Crippen molar-refractivity contribution in [3.8, 4) is 0 Å². The Kier molecular flexibility index (Phi) is 10.8. The van der Waals surface area contributed by atoms with Crippen LogP contribution in [0.4, 0.5) is 0 Å². The largest absolute Gasteiger partial charge is 1.00 e. The predicted octanol–water partition coefficient (Wildman–Crippen LogP) is -0.286. The van der Waals surface area contributed by atoms with Crippen LogP contribution in [0.5, 0.6) is 0 Å². The third-order valence-corrected chi connectivity index (χ3v) is 7.94. The average molecular weight is 257 g/mol. The summed E-state index contributed by atoms with van der Waals surface area (Å²) in [6.45, 7) is 7.95. The summed E-state index contributed by atoms with van der Waals surface area (Å²) in [4.78, 5) is 0. The number of methoxy groups -OCH3 is 1. The van der Waals surface area contributed by atoms with Crippen molar-refractivity contribution >= 4 is 7.26 Å². The van der Waals surface area contributed by atoms with Gasteiger partial charge in [-0.25, -0.2) is 0 Å². The Labute approximate surface area is 88.4 Å². The van der Waals surface area contributed by atoms with Crippen molar-refractivity contribution in [3.63, 3.8) is 0 Å². The van der Waals surface area contributed by atoms with E-state index in [0.717, 1.165) is 6.61 Å². The molecule has 0 saturated heterocycles. The van der Waals surface area contributed by atoms with Gasteiger partial charge in [-0.3, -0.25) is 0 Å². The van der Waals surface area contributed by atoms with Crippen LogP contribution in [0, 0.1) is 0 Å². The van der Waals surface area contributed by atoms with Gasteiger partial charge in [0.1, 0.15) is 0 Å². The molecule has 3 heteroatoms. The van der Waals surface area contributed by atoms with Crippen LogP contribution in [0.2, 0.25) is 0 Å². The van der Waals surface area contributed by atoms with Crippen LogP contribution in [0.3, 0.4) is 0 Å². The standard InChI is InChI=1S/C9H22OP.BrH/c1-5-11(6-2,7-3)9-8-10-4;/h5-9H2,1-4H3;1H/q+1;/p-1. The number of ether oxygens (including phenoxy) is 1. The lowest BCUT2D eigenvalue weighted by atomic mass is 10.8.